The van der Waals surface area contributed by atoms with Crippen LogP contribution in [0.5, 0.6) is 5.75 Å². The molecule has 0 bridgehead atoms. The molecule has 5 heteroatoms. The van der Waals surface area contributed by atoms with Gasteiger partial charge in [-0.15, -0.1) is 0 Å². The first-order chi connectivity index (χ1) is 12.7. The number of carbonyl (C=O) groups excluding carboxylic acids is 1. The van der Waals surface area contributed by atoms with Gasteiger partial charge in [0.25, 0.3) is 5.91 Å². The molecule has 5 nitrogen and oxygen atoms in total. The van der Waals surface area contributed by atoms with E-state index in [9.17, 15) is 4.79 Å². The van der Waals surface area contributed by atoms with E-state index in [0.29, 0.717) is 0 Å². The number of nitrogens with one attached hydrogen (secondary N) is 1. The number of ether oxygens (including phenoxy) is 2. The Hall–Kier alpha value is -2.37. The zero-order chi connectivity index (χ0) is 18.4. The van der Waals surface area contributed by atoms with Crippen LogP contribution in [0.1, 0.15) is 24.5 Å². The van der Waals surface area contributed by atoms with Gasteiger partial charge in [-0.2, -0.15) is 0 Å². The van der Waals surface area contributed by atoms with Gasteiger partial charge in [0.2, 0.25) is 0 Å². The van der Waals surface area contributed by atoms with Crippen LogP contribution >= 0.6 is 0 Å². The van der Waals surface area contributed by atoms with Crippen molar-refractivity contribution in [3.8, 4) is 5.75 Å². The molecule has 0 unspecified atom stereocenters. The molecule has 1 amide bonds. The largest absolute Gasteiger partial charge is 0.490 e. The number of anilines is 1. The molecule has 0 saturated carbocycles. The lowest BCUT2D eigenvalue weighted by Gasteiger charge is -2.29. The molecule has 1 aliphatic heterocycles. The van der Waals surface area contributed by atoms with Crippen molar-refractivity contribution in [3.63, 3.8) is 0 Å². The number of nitrogens with zero attached hydrogens (tertiary/aromatic N) is 1. The Morgan fingerprint density at radius 1 is 1.08 bits per heavy atom. The molecule has 2 aromatic rings. The van der Waals surface area contributed by atoms with E-state index in [0.717, 1.165) is 42.9 Å². The summed E-state index contributed by atoms with van der Waals surface area (Å²) in [6.45, 7) is 2.13. The van der Waals surface area contributed by atoms with E-state index >= 15 is 0 Å². The molecule has 26 heavy (non-hydrogen) atoms. The fourth-order valence-corrected chi connectivity index (χ4v) is 3.14. The van der Waals surface area contributed by atoms with Gasteiger partial charge in [-0.05, 0) is 49.7 Å². The first-order valence-electron chi connectivity index (χ1n) is 8.99. The summed E-state index contributed by atoms with van der Waals surface area (Å²) in [6, 6.07) is 17.0. The number of carbonyl (C=O) groups is 1. The predicted octanol–water partition coefficient (Wildman–Crippen LogP) is 3.49. The summed E-state index contributed by atoms with van der Waals surface area (Å²) in [5.74, 6) is 0.645. The van der Waals surface area contributed by atoms with Crippen molar-refractivity contribution in [2.24, 2.45) is 0 Å². The van der Waals surface area contributed by atoms with Crippen LogP contribution in [0.4, 0.5) is 5.69 Å². The summed E-state index contributed by atoms with van der Waals surface area (Å²) in [7, 11) is 3.67. The minimum Gasteiger partial charge on any atom is -0.490 e. The van der Waals surface area contributed by atoms with E-state index in [2.05, 4.69) is 17.3 Å². The summed E-state index contributed by atoms with van der Waals surface area (Å²) in [5.41, 5.74) is 1.55. The number of amides is 1. The average molecular weight is 354 g/mol. The van der Waals surface area contributed by atoms with Crippen LogP contribution in [0.2, 0.25) is 0 Å². The lowest BCUT2D eigenvalue weighted by Crippen LogP contribution is -2.35. The van der Waals surface area contributed by atoms with Gasteiger partial charge in [0.15, 0.2) is 6.10 Å². The Labute approximate surface area is 154 Å². The van der Waals surface area contributed by atoms with Gasteiger partial charge in [0, 0.05) is 25.9 Å². The van der Waals surface area contributed by atoms with Gasteiger partial charge in [-0.3, -0.25) is 4.79 Å². The van der Waals surface area contributed by atoms with Crippen LogP contribution in [-0.4, -0.2) is 44.2 Å². The van der Waals surface area contributed by atoms with E-state index < -0.39 is 6.10 Å². The van der Waals surface area contributed by atoms with Crippen LogP contribution < -0.4 is 10.1 Å². The summed E-state index contributed by atoms with van der Waals surface area (Å²) >= 11 is 0. The number of methoxy groups -OCH3 is 1. The zero-order valence-electron chi connectivity index (χ0n) is 15.4. The Bertz CT molecular complexity index is 695. The third-order valence-electron chi connectivity index (χ3n) is 4.67. The highest BCUT2D eigenvalue weighted by Crippen LogP contribution is 2.23. The highest BCUT2D eigenvalue weighted by atomic mass is 16.5. The molecule has 2 aromatic carbocycles. The van der Waals surface area contributed by atoms with Gasteiger partial charge in [-0.1, -0.05) is 30.3 Å². The molecule has 1 atom stereocenters. The monoisotopic (exact) mass is 354 g/mol. The lowest BCUT2D eigenvalue weighted by atomic mass is 10.1. The topological polar surface area (TPSA) is 50.8 Å². The normalized spacial score (nSPS) is 16.8. The highest BCUT2D eigenvalue weighted by molar-refractivity contribution is 5.94. The molecule has 1 aliphatic rings. The van der Waals surface area contributed by atoms with Crippen molar-refractivity contribution in [2.45, 2.75) is 25.0 Å². The number of benzene rings is 2. The van der Waals surface area contributed by atoms with Gasteiger partial charge >= 0.3 is 0 Å². The highest BCUT2D eigenvalue weighted by Gasteiger charge is 2.20. The summed E-state index contributed by atoms with van der Waals surface area (Å²) in [4.78, 5) is 14.8. The molecule has 1 N–H and O–H groups in total. The summed E-state index contributed by atoms with van der Waals surface area (Å²) < 4.78 is 11.4. The maximum atomic E-state index is 12.5. The van der Waals surface area contributed by atoms with E-state index in [1.165, 1.54) is 7.11 Å². The summed E-state index contributed by atoms with van der Waals surface area (Å²) in [6.07, 6.45) is 1.72. The Morgan fingerprint density at radius 3 is 2.35 bits per heavy atom. The SMILES string of the molecule is CO[C@@H](C(=O)Nc1ccc(OC2CCN(C)CC2)cc1)c1ccccc1. The van der Waals surface area contributed by atoms with Gasteiger partial charge in [0.1, 0.15) is 11.9 Å². The maximum absolute atomic E-state index is 12.5. The standard InChI is InChI=1S/C21H26N2O3/c1-23-14-12-19(13-15-23)26-18-10-8-17(9-11-18)22-21(24)20(25-2)16-6-4-3-5-7-16/h3-11,19-20H,12-15H2,1-2H3,(H,22,24)/t20-/m1/s1. The first kappa shape index (κ1) is 18.4. The van der Waals surface area contributed by atoms with Crippen LogP contribution in [0.15, 0.2) is 54.6 Å². The van der Waals surface area contributed by atoms with Gasteiger partial charge in [0.05, 0.1) is 0 Å². The smallest absolute Gasteiger partial charge is 0.258 e. The molecule has 3 rings (SSSR count). The Morgan fingerprint density at radius 2 is 1.73 bits per heavy atom. The fourth-order valence-electron chi connectivity index (χ4n) is 3.14. The molecular formula is C21H26N2O3. The first-order valence-corrected chi connectivity index (χ1v) is 8.99. The second kappa shape index (κ2) is 8.83. The molecule has 0 aliphatic carbocycles. The number of piperidine rings is 1. The van der Waals surface area contributed by atoms with Crippen molar-refractivity contribution in [3.05, 3.63) is 60.2 Å². The maximum Gasteiger partial charge on any atom is 0.258 e. The lowest BCUT2D eigenvalue weighted by molar-refractivity contribution is -0.126. The van der Waals surface area contributed by atoms with Crippen LogP contribution in [0.25, 0.3) is 0 Å². The fraction of sp³-hybridized carbons (Fsp3) is 0.381. The third kappa shape index (κ3) is 4.84. The second-order valence-electron chi connectivity index (χ2n) is 6.66. The third-order valence-corrected chi connectivity index (χ3v) is 4.67. The Kier molecular flexibility index (Phi) is 6.26. The van der Waals surface area contributed by atoms with Crippen molar-refractivity contribution < 1.29 is 14.3 Å². The zero-order valence-corrected chi connectivity index (χ0v) is 15.4. The van der Waals surface area contributed by atoms with E-state index in [-0.39, 0.29) is 12.0 Å². The van der Waals surface area contributed by atoms with Crippen molar-refractivity contribution in [2.75, 3.05) is 32.6 Å². The molecule has 0 aromatic heterocycles. The van der Waals surface area contributed by atoms with Gasteiger partial charge in [-0.25, -0.2) is 0 Å². The van der Waals surface area contributed by atoms with Crippen LogP contribution in [0.3, 0.4) is 0 Å². The summed E-state index contributed by atoms with van der Waals surface area (Å²) in [5, 5.41) is 2.90. The van der Waals surface area contributed by atoms with E-state index in [1.54, 1.807) is 0 Å². The minimum atomic E-state index is -0.633. The van der Waals surface area contributed by atoms with E-state index in [4.69, 9.17) is 9.47 Å². The second-order valence-corrected chi connectivity index (χ2v) is 6.66. The predicted molar refractivity (Wildman–Crippen MR) is 102 cm³/mol. The van der Waals surface area contributed by atoms with Crippen molar-refractivity contribution in [1.82, 2.24) is 4.90 Å². The molecule has 138 valence electrons. The molecule has 1 saturated heterocycles. The minimum absolute atomic E-state index is 0.192. The van der Waals surface area contributed by atoms with E-state index in [1.807, 2.05) is 54.6 Å². The van der Waals surface area contributed by atoms with Gasteiger partial charge < -0.3 is 19.7 Å². The Balaban J connectivity index is 1.57. The van der Waals surface area contributed by atoms with Crippen LogP contribution in [-0.2, 0) is 9.53 Å². The number of likely N-dealkylation sites (tertiary alicyclic amines) is 1. The molecule has 0 radical (unpaired) electrons. The molecule has 0 spiro atoms. The molecule has 1 fully saturated rings. The number of hydrogen-bond acceptors (Lipinski definition) is 4. The van der Waals surface area contributed by atoms with Crippen LogP contribution in [0, 0.1) is 0 Å². The average Bonchev–Trinajstić information content (AvgIpc) is 2.67. The molecule has 1 heterocycles. The van der Waals surface area contributed by atoms with Crippen molar-refractivity contribution >= 4 is 11.6 Å². The number of hydrogen-bond donors (Lipinski definition) is 1. The van der Waals surface area contributed by atoms with Crippen molar-refractivity contribution in [1.29, 1.82) is 0 Å². The quantitative estimate of drug-likeness (QED) is 0.863. The number of rotatable bonds is 6. The molecular weight excluding hydrogens is 328 g/mol.